The van der Waals surface area contributed by atoms with E-state index in [-0.39, 0.29) is 22.8 Å². The third-order valence-corrected chi connectivity index (χ3v) is 0. The van der Waals surface area contributed by atoms with Crippen LogP contribution in [-0.2, 0) is 11.4 Å². The molecule has 0 spiro atoms. The van der Waals surface area contributed by atoms with Gasteiger partial charge in [-0.2, -0.15) is 0 Å². The van der Waals surface area contributed by atoms with Crippen molar-refractivity contribution < 1.29 is 18.8 Å². The summed E-state index contributed by atoms with van der Waals surface area (Å²) >= 11 is -3.11. The third-order valence-electron chi connectivity index (χ3n) is 0. The standard InChI is InChI=1S/Al.H2O3S.H2O/c;1-4(2)3;/h;(H2,1,2,3);1H2/q+3;;/p-3. The van der Waals surface area contributed by atoms with E-state index < -0.39 is 11.4 Å². The summed E-state index contributed by atoms with van der Waals surface area (Å²) in [5.41, 5.74) is 0. The topological polar surface area (TPSA) is 93.2 Å². The molecule has 0 rings (SSSR count). The molecular formula is HAlO4S. The monoisotopic (exact) mass is 124 g/mol. The largest absolute Gasteiger partial charge is 3.00 e. The third kappa shape index (κ3) is 183. The van der Waals surface area contributed by atoms with Gasteiger partial charge in [-0.1, -0.05) is 0 Å². The molecule has 0 aliphatic rings. The maximum absolute atomic E-state index is 8.44. The molecule has 0 unspecified atom stereocenters. The summed E-state index contributed by atoms with van der Waals surface area (Å²) in [5.74, 6) is 0. The Hall–Kier alpha value is 0.562. The fraction of sp³-hybridized carbons (Fsp3) is 0. The zero-order valence-electron chi connectivity index (χ0n) is 2.66. The van der Waals surface area contributed by atoms with E-state index >= 15 is 0 Å². The first-order chi connectivity index (χ1) is 1.73. The van der Waals surface area contributed by atoms with Gasteiger partial charge in [0, 0.05) is 0 Å². The Kier molecular flexibility index (Phi) is 24.3. The van der Waals surface area contributed by atoms with Gasteiger partial charge >= 0.3 is 17.4 Å². The van der Waals surface area contributed by atoms with Crippen LogP contribution in [0.1, 0.15) is 0 Å². The zero-order chi connectivity index (χ0) is 3.58. The molecule has 0 aliphatic heterocycles. The zero-order valence-corrected chi connectivity index (χ0v) is 4.63. The van der Waals surface area contributed by atoms with Gasteiger partial charge in [0.1, 0.15) is 0 Å². The van der Waals surface area contributed by atoms with Gasteiger partial charge in [-0.15, -0.1) is 11.4 Å². The molecule has 0 heterocycles. The number of hydrogen-bond acceptors (Lipinski definition) is 4. The van der Waals surface area contributed by atoms with E-state index in [2.05, 4.69) is 0 Å². The molecular weight excluding hydrogens is 123 g/mol. The maximum atomic E-state index is 8.44. The second-order valence-electron chi connectivity index (χ2n) is 0.204. The summed E-state index contributed by atoms with van der Waals surface area (Å²) in [5, 5.41) is 0. The van der Waals surface area contributed by atoms with Crippen molar-refractivity contribution in [3.63, 3.8) is 0 Å². The summed E-state index contributed by atoms with van der Waals surface area (Å²) in [4.78, 5) is 0. The van der Waals surface area contributed by atoms with Gasteiger partial charge in [0.2, 0.25) is 0 Å². The molecule has 0 bridgehead atoms. The fourth-order valence-electron chi connectivity index (χ4n) is 0. The smallest absolute Gasteiger partial charge is 0.870 e. The second-order valence-corrected chi connectivity index (χ2v) is 0.612. The molecule has 4 nitrogen and oxygen atoms in total. The van der Waals surface area contributed by atoms with E-state index in [0.717, 1.165) is 0 Å². The van der Waals surface area contributed by atoms with Crippen molar-refractivity contribution in [3.05, 3.63) is 0 Å². The van der Waals surface area contributed by atoms with Crippen LogP contribution in [0.15, 0.2) is 0 Å². The number of hydrogen-bond donors (Lipinski definition) is 0. The Morgan fingerprint density at radius 3 is 1.33 bits per heavy atom. The van der Waals surface area contributed by atoms with Crippen LogP contribution >= 0.6 is 0 Å². The van der Waals surface area contributed by atoms with Crippen LogP contribution in [0.5, 0.6) is 0 Å². The molecule has 0 radical (unpaired) electrons. The summed E-state index contributed by atoms with van der Waals surface area (Å²) < 4.78 is 25.3. The van der Waals surface area contributed by atoms with E-state index in [0.29, 0.717) is 0 Å². The van der Waals surface area contributed by atoms with Crippen LogP contribution in [0.4, 0.5) is 0 Å². The first-order valence-electron chi connectivity index (χ1n) is 0.500. The van der Waals surface area contributed by atoms with Crippen LogP contribution in [0.3, 0.4) is 0 Å². The Bertz CT molecular complexity index is 30.5. The molecule has 1 N–H and O–H groups in total. The minimum atomic E-state index is -3.11. The molecule has 0 amide bonds. The molecule has 0 aliphatic carbocycles. The van der Waals surface area contributed by atoms with Crippen molar-refractivity contribution in [3.8, 4) is 0 Å². The van der Waals surface area contributed by atoms with Crippen molar-refractivity contribution in [2.75, 3.05) is 0 Å². The van der Waals surface area contributed by atoms with Crippen LogP contribution in [0.2, 0.25) is 0 Å². The molecule has 6 heteroatoms. The van der Waals surface area contributed by atoms with Gasteiger partial charge < -0.3 is 14.6 Å². The molecule has 0 saturated heterocycles. The average Bonchev–Trinajstić information content (AvgIpc) is 0.811. The Morgan fingerprint density at radius 1 is 1.33 bits per heavy atom. The van der Waals surface area contributed by atoms with E-state index in [1.165, 1.54) is 0 Å². The Morgan fingerprint density at radius 2 is 1.33 bits per heavy atom. The van der Waals surface area contributed by atoms with E-state index in [1.807, 2.05) is 0 Å². The predicted molar refractivity (Wildman–Crippen MR) is 17.4 cm³/mol. The first kappa shape index (κ1) is 16.0. The van der Waals surface area contributed by atoms with E-state index in [1.54, 1.807) is 0 Å². The van der Waals surface area contributed by atoms with Crippen molar-refractivity contribution >= 4 is 28.7 Å². The Labute approximate surface area is 48.1 Å². The average molecular weight is 124 g/mol. The quantitative estimate of drug-likeness (QED) is 0.288. The van der Waals surface area contributed by atoms with Gasteiger partial charge in [0.05, 0.1) is 0 Å². The fourth-order valence-corrected chi connectivity index (χ4v) is 0. The van der Waals surface area contributed by atoms with Crippen LogP contribution < -0.4 is 0 Å². The minimum Gasteiger partial charge on any atom is -0.870 e. The molecule has 34 valence electrons. The van der Waals surface area contributed by atoms with Crippen molar-refractivity contribution in [2.45, 2.75) is 0 Å². The molecule has 0 atom stereocenters. The predicted octanol–water partition coefficient (Wildman–Crippen LogP) is -1.56. The van der Waals surface area contributed by atoms with Gasteiger partial charge in [-0.25, -0.2) is 0 Å². The normalized spacial score (nSPS) is 5.83. The van der Waals surface area contributed by atoms with Gasteiger partial charge in [-0.05, 0) is 0 Å². The SMILES string of the molecule is O=S([O-])[O-].[Al+3].[OH-]. The molecule has 0 fully saturated rings. The van der Waals surface area contributed by atoms with E-state index in [9.17, 15) is 0 Å². The van der Waals surface area contributed by atoms with E-state index in [4.69, 9.17) is 13.3 Å². The molecule has 0 aromatic rings. The first-order valence-corrected chi connectivity index (χ1v) is 1.50. The van der Waals surface area contributed by atoms with Crippen molar-refractivity contribution in [2.24, 2.45) is 0 Å². The van der Waals surface area contributed by atoms with Gasteiger partial charge in [0.25, 0.3) is 0 Å². The van der Waals surface area contributed by atoms with Crippen LogP contribution in [0, 0.1) is 0 Å². The maximum Gasteiger partial charge on any atom is 3.00 e. The van der Waals surface area contributed by atoms with Crippen LogP contribution in [0.25, 0.3) is 0 Å². The van der Waals surface area contributed by atoms with Crippen LogP contribution in [-0.4, -0.2) is 36.2 Å². The summed E-state index contributed by atoms with van der Waals surface area (Å²) in [6.07, 6.45) is 0. The molecule has 6 heavy (non-hydrogen) atoms. The minimum absolute atomic E-state index is 0. The molecule has 0 aromatic heterocycles. The van der Waals surface area contributed by atoms with Gasteiger partial charge in [-0.3, -0.25) is 4.21 Å². The van der Waals surface area contributed by atoms with Crippen molar-refractivity contribution in [1.29, 1.82) is 0 Å². The second kappa shape index (κ2) is 9.12. The van der Waals surface area contributed by atoms with Gasteiger partial charge in [0.15, 0.2) is 0 Å². The Balaban J connectivity index is -0.0000000450. The molecule has 0 aromatic carbocycles. The summed E-state index contributed by atoms with van der Waals surface area (Å²) in [6, 6.07) is 0. The summed E-state index contributed by atoms with van der Waals surface area (Å²) in [7, 11) is 0. The summed E-state index contributed by atoms with van der Waals surface area (Å²) in [6.45, 7) is 0. The number of rotatable bonds is 0. The van der Waals surface area contributed by atoms with Crippen molar-refractivity contribution in [1.82, 2.24) is 0 Å². The molecule has 0 saturated carbocycles.